The maximum absolute atomic E-state index is 12.3. The van der Waals surface area contributed by atoms with Crippen molar-refractivity contribution in [2.75, 3.05) is 0 Å². The number of nitrogens with one attached hydrogen (secondary N) is 1. The highest BCUT2D eigenvalue weighted by Crippen LogP contribution is 2.02. The molecule has 0 saturated carbocycles. The number of nitrogens with zero attached hydrogens (tertiary/aromatic N) is 1. The van der Waals surface area contributed by atoms with Crippen LogP contribution in [0.15, 0.2) is 9.59 Å². The Balaban J connectivity index is 3.73. The largest absolute Gasteiger partial charge is 0.320 e. The molecule has 1 aromatic rings. The van der Waals surface area contributed by atoms with E-state index in [0.29, 0.717) is 5.56 Å². The molecule has 0 spiro atoms. The molecule has 0 unspecified atom stereocenters. The summed E-state index contributed by atoms with van der Waals surface area (Å²) in [6.45, 7) is 14.2. The summed E-state index contributed by atoms with van der Waals surface area (Å²) in [5.41, 5.74) is 0.369. The maximum Gasteiger partial charge on any atom is 0.320 e. The number of rotatable bonds is 2. The van der Waals surface area contributed by atoms with Gasteiger partial charge >= 0.3 is 5.69 Å². The number of aromatic amines is 1. The first-order chi connectivity index (χ1) is 7.46. The molecule has 0 fully saturated rings. The molecule has 0 atom stereocenters. The highest BCUT2D eigenvalue weighted by molar-refractivity contribution is 6.88. The lowest BCUT2D eigenvalue weighted by Gasteiger charge is -2.23. The minimum atomic E-state index is -1.96. The van der Waals surface area contributed by atoms with E-state index >= 15 is 0 Å². The van der Waals surface area contributed by atoms with Gasteiger partial charge in [-0.2, -0.15) is 0 Å². The van der Waals surface area contributed by atoms with Gasteiger partial charge in [0, 0.05) is 10.9 Å². The molecular weight excluding hydrogens is 248 g/mol. The van der Waals surface area contributed by atoms with E-state index in [1.807, 2.05) is 26.6 Å². The van der Waals surface area contributed by atoms with E-state index in [2.05, 4.69) is 24.6 Å². The van der Waals surface area contributed by atoms with E-state index in [-0.39, 0.29) is 11.2 Å². The van der Waals surface area contributed by atoms with Gasteiger partial charge in [-0.15, -0.1) is 0 Å². The SMILES string of the molecule is Cc1c([Si](C)(C)C)[nH]c(=O)n([Si](C)(C)C)c1=O. The normalized spacial score (nSPS) is 12.9. The third-order valence-corrected chi connectivity index (χ3v) is 6.50. The minimum Gasteiger partial charge on any atom is -0.315 e. The average Bonchev–Trinajstić information content (AvgIpc) is 2.07. The number of hydrogen-bond donors (Lipinski definition) is 1. The van der Waals surface area contributed by atoms with Crippen LogP contribution >= 0.6 is 0 Å². The molecule has 1 N–H and O–H groups in total. The van der Waals surface area contributed by atoms with Crippen molar-refractivity contribution >= 4 is 21.6 Å². The fourth-order valence-corrected chi connectivity index (χ4v) is 5.14. The molecule has 1 aromatic heterocycles. The van der Waals surface area contributed by atoms with Crippen molar-refractivity contribution in [3.63, 3.8) is 0 Å². The summed E-state index contributed by atoms with van der Waals surface area (Å²) in [5, 5.41) is 0.877. The molecule has 1 heterocycles. The second-order valence-electron chi connectivity index (χ2n) is 6.49. The number of aromatic nitrogens is 2. The van der Waals surface area contributed by atoms with Crippen LogP contribution in [0.3, 0.4) is 0 Å². The number of H-pyrrole nitrogens is 1. The Kier molecular flexibility index (Phi) is 3.41. The average molecular weight is 270 g/mol. The van der Waals surface area contributed by atoms with Crippen molar-refractivity contribution in [2.45, 2.75) is 46.2 Å². The van der Waals surface area contributed by atoms with E-state index in [1.165, 1.54) is 4.23 Å². The van der Waals surface area contributed by atoms with Gasteiger partial charge in [0.25, 0.3) is 5.56 Å². The molecule has 0 aliphatic rings. The molecule has 0 bridgehead atoms. The zero-order chi connectivity index (χ0) is 13.6. The summed E-state index contributed by atoms with van der Waals surface area (Å²) in [6, 6.07) is 0. The van der Waals surface area contributed by atoms with E-state index in [9.17, 15) is 9.59 Å². The quantitative estimate of drug-likeness (QED) is 0.818. The van der Waals surface area contributed by atoms with Gasteiger partial charge in [0.1, 0.15) is 0 Å². The van der Waals surface area contributed by atoms with Gasteiger partial charge in [-0.05, 0) is 6.92 Å². The van der Waals surface area contributed by atoms with Gasteiger partial charge in [-0.25, -0.2) is 4.79 Å². The van der Waals surface area contributed by atoms with Gasteiger partial charge in [-0.3, -0.25) is 9.03 Å². The maximum atomic E-state index is 12.3. The molecular formula is C11H22N2O2Si2. The van der Waals surface area contributed by atoms with E-state index in [1.54, 1.807) is 0 Å². The van der Waals surface area contributed by atoms with Crippen LogP contribution in [0, 0.1) is 6.92 Å². The number of hydrogen-bond acceptors (Lipinski definition) is 2. The third-order valence-electron chi connectivity index (χ3n) is 2.75. The lowest BCUT2D eigenvalue weighted by Crippen LogP contribution is -2.57. The van der Waals surface area contributed by atoms with Crippen LogP contribution in [0.4, 0.5) is 0 Å². The van der Waals surface area contributed by atoms with E-state index in [0.717, 1.165) is 5.32 Å². The lowest BCUT2D eigenvalue weighted by molar-refractivity contribution is 0.914. The summed E-state index contributed by atoms with van der Waals surface area (Å²) in [5.74, 6) is 0. The fourth-order valence-electron chi connectivity index (χ4n) is 1.98. The van der Waals surface area contributed by atoms with Crippen molar-refractivity contribution in [1.29, 1.82) is 0 Å². The topological polar surface area (TPSA) is 54.9 Å². The molecule has 0 aliphatic heterocycles. The van der Waals surface area contributed by atoms with Crippen LogP contribution in [0.1, 0.15) is 5.56 Å². The predicted molar refractivity (Wildman–Crippen MR) is 77.8 cm³/mol. The minimum absolute atomic E-state index is 0.106. The van der Waals surface area contributed by atoms with Crippen LogP contribution in [0.2, 0.25) is 39.3 Å². The highest BCUT2D eigenvalue weighted by atomic mass is 28.3. The second-order valence-corrected chi connectivity index (χ2v) is 16.3. The van der Waals surface area contributed by atoms with Gasteiger partial charge in [-0.1, -0.05) is 39.3 Å². The molecule has 96 valence electrons. The molecule has 6 heteroatoms. The lowest BCUT2D eigenvalue weighted by atomic mass is 10.4. The van der Waals surface area contributed by atoms with Crippen molar-refractivity contribution in [3.8, 4) is 0 Å². The van der Waals surface area contributed by atoms with Crippen molar-refractivity contribution in [2.24, 2.45) is 0 Å². The Morgan fingerprint density at radius 1 is 1.00 bits per heavy atom. The summed E-state index contributed by atoms with van der Waals surface area (Å²) in [4.78, 5) is 27.3. The van der Waals surface area contributed by atoms with Gasteiger partial charge in [0.15, 0.2) is 8.24 Å². The molecule has 0 amide bonds. The first-order valence-corrected chi connectivity index (χ1v) is 12.8. The van der Waals surface area contributed by atoms with Crippen molar-refractivity contribution < 1.29 is 0 Å². The standard InChI is InChI=1S/C11H22N2O2Si2/c1-8-9(16(2,3)4)12-11(15)13(10(8)14)17(5,6)7/h1-7H3,(H,12,15). The first kappa shape index (κ1) is 14.2. The Hall–Kier alpha value is -0.886. The molecule has 0 saturated heterocycles. The summed E-state index contributed by atoms with van der Waals surface area (Å²) in [7, 11) is -3.64. The fraction of sp³-hybridized carbons (Fsp3) is 0.636. The predicted octanol–water partition coefficient (Wildman–Crippen LogP) is 1.07. The molecule has 0 radical (unpaired) electrons. The molecule has 1 rings (SSSR count). The summed E-state index contributed by atoms with van der Waals surface area (Å²) < 4.78 is 1.44. The smallest absolute Gasteiger partial charge is 0.315 e. The monoisotopic (exact) mass is 270 g/mol. The van der Waals surface area contributed by atoms with E-state index in [4.69, 9.17) is 0 Å². The zero-order valence-electron chi connectivity index (χ0n) is 11.8. The van der Waals surface area contributed by atoms with Crippen LogP contribution in [0.25, 0.3) is 0 Å². The zero-order valence-corrected chi connectivity index (χ0v) is 13.8. The van der Waals surface area contributed by atoms with Crippen LogP contribution in [-0.4, -0.2) is 25.5 Å². The molecule has 0 aliphatic carbocycles. The summed E-state index contributed by atoms with van der Waals surface area (Å²) in [6.07, 6.45) is 0. The van der Waals surface area contributed by atoms with Crippen molar-refractivity contribution in [3.05, 3.63) is 26.4 Å². The molecule has 4 nitrogen and oxygen atoms in total. The van der Waals surface area contributed by atoms with Crippen molar-refractivity contribution in [1.82, 2.24) is 9.22 Å². The van der Waals surface area contributed by atoms with E-state index < -0.39 is 16.3 Å². The third kappa shape index (κ3) is 2.68. The Labute approximate surface area is 104 Å². The second kappa shape index (κ2) is 4.10. The molecule has 17 heavy (non-hydrogen) atoms. The Morgan fingerprint density at radius 3 is 1.82 bits per heavy atom. The van der Waals surface area contributed by atoms with Gasteiger partial charge in [0.2, 0.25) is 0 Å². The van der Waals surface area contributed by atoms with Crippen LogP contribution < -0.4 is 16.6 Å². The molecule has 0 aromatic carbocycles. The highest BCUT2D eigenvalue weighted by Gasteiger charge is 2.27. The van der Waals surface area contributed by atoms with Crippen LogP contribution in [-0.2, 0) is 0 Å². The van der Waals surface area contributed by atoms with Gasteiger partial charge in [0.05, 0.1) is 8.07 Å². The first-order valence-electron chi connectivity index (χ1n) is 5.83. The summed E-state index contributed by atoms with van der Waals surface area (Å²) >= 11 is 0. The van der Waals surface area contributed by atoms with Crippen LogP contribution in [0.5, 0.6) is 0 Å². The van der Waals surface area contributed by atoms with Gasteiger partial charge < -0.3 is 4.98 Å². The Morgan fingerprint density at radius 2 is 1.47 bits per heavy atom. The Bertz CT molecular complexity index is 545.